The Kier molecular flexibility index (Phi) is 8.39. The molecule has 2 aromatic rings. The number of unbranched alkanes of at least 4 members (excludes halogenated alkanes) is 2. The minimum absolute atomic E-state index is 0.0145. The molecule has 0 bridgehead atoms. The lowest BCUT2D eigenvalue weighted by Crippen LogP contribution is -2.30. The van der Waals surface area contributed by atoms with Crippen molar-refractivity contribution in [1.82, 2.24) is 4.90 Å². The van der Waals surface area contributed by atoms with Crippen molar-refractivity contribution in [3.63, 3.8) is 0 Å². The monoisotopic (exact) mass is 471 g/mol. The number of likely N-dealkylation sites (tertiary alicyclic amines) is 1. The van der Waals surface area contributed by atoms with Gasteiger partial charge in [-0.2, -0.15) is 0 Å². The summed E-state index contributed by atoms with van der Waals surface area (Å²) in [6, 6.07) is 11.4. The van der Waals surface area contributed by atoms with Gasteiger partial charge in [0, 0.05) is 12.1 Å². The molecule has 0 aliphatic carbocycles. The van der Waals surface area contributed by atoms with Gasteiger partial charge in [0.25, 0.3) is 11.7 Å². The van der Waals surface area contributed by atoms with Gasteiger partial charge in [-0.1, -0.05) is 43.5 Å². The van der Waals surface area contributed by atoms with Gasteiger partial charge in [0.1, 0.15) is 17.3 Å². The van der Waals surface area contributed by atoms with E-state index in [1.54, 1.807) is 24.3 Å². The summed E-state index contributed by atoms with van der Waals surface area (Å²) in [5.41, 5.74) is 0.955. The van der Waals surface area contributed by atoms with Crippen molar-refractivity contribution in [3.8, 4) is 11.5 Å². The average molecular weight is 472 g/mol. The van der Waals surface area contributed by atoms with Crippen molar-refractivity contribution < 1.29 is 24.2 Å². The van der Waals surface area contributed by atoms with Crippen LogP contribution in [-0.2, 0) is 9.59 Å². The zero-order valence-electron chi connectivity index (χ0n) is 19.3. The Bertz CT molecular complexity index is 1050. The summed E-state index contributed by atoms with van der Waals surface area (Å²) in [6.45, 7) is 7.14. The van der Waals surface area contributed by atoms with Crippen molar-refractivity contribution in [1.29, 1.82) is 0 Å². The van der Waals surface area contributed by atoms with Crippen molar-refractivity contribution in [2.24, 2.45) is 0 Å². The second-order valence-electron chi connectivity index (χ2n) is 7.78. The molecule has 1 saturated heterocycles. The highest BCUT2D eigenvalue weighted by Crippen LogP contribution is 2.42. The van der Waals surface area contributed by atoms with E-state index >= 15 is 0 Å². The summed E-state index contributed by atoms with van der Waals surface area (Å²) in [7, 11) is 0. The molecule has 2 aromatic carbocycles. The third kappa shape index (κ3) is 5.33. The van der Waals surface area contributed by atoms with Gasteiger partial charge in [-0.15, -0.1) is 0 Å². The number of carbonyl (C=O) groups is 2. The molecular weight excluding hydrogens is 442 g/mol. The van der Waals surface area contributed by atoms with E-state index < -0.39 is 17.7 Å². The van der Waals surface area contributed by atoms with Gasteiger partial charge >= 0.3 is 0 Å². The Hall–Kier alpha value is -2.99. The number of aliphatic hydroxyl groups is 1. The number of ketones is 1. The highest BCUT2D eigenvalue weighted by atomic mass is 35.5. The number of amides is 1. The summed E-state index contributed by atoms with van der Waals surface area (Å²) in [5, 5.41) is 11.5. The molecule has 0 radical (unpaired) electrons. The zero-order valence-corrected chi connectivity index (χ0v) is 20.0. The van der Waals surface area contributed by atoms with Gasteiger partial charge in [-0.25, -0.2) is 0 Å². The van der Waals surface area contributed by atoms with Crippen LogP contribution in [0.4, 0.5) is 0 Å². The van der Waals surface area contributed by atoms with Gasteiger partial charge in [-0.05, 0) is 56.2 Å². The highest BCUT2D eigenvalue weighted by Gasteiger charge is 2.46. The number of benzene rings is 2. The molecule has 1 aliphatic heterocycles. The first-order valence-electron chi connectivity index (χ1n) is 11.4. The van der Waals surface area contributed by atoms with E-state index in [0.29, 0.717) is 36.8 Å². The number of nitrogens with zero attached hydrogens (tertiary/aromatic N) is 1. The van der Waals surface area contributed by atoms with Gasteiger partial charge in [0.15, 0.2) is 0 Å². The fraction of sp³-hybridized carbons (Fsp3) is 0.385. The van der Waals surface area contributed by atoms with Crippen LogP contribution in [0.25, 0.3) is 5.76 Å². The van der Waals surface area contributed by atoms with E-state index in [0.717, 1.165) is 19.3 Å². The SMILES string of the molecule is CCCCCN1C(=O)C(=O)/C(=C(/O)c2cc(OCC)ccc2Cl)C1c1cccc(OCC)c1. The van der Waals surface area contributed by atoms with E-state index in [-0.39, 0.29) is 21.9 Å². The predicted octanol–water partition coefficient (Wildman–Crippen LogP) is 5.75. The van der Waals surface area contributed by atoms with Crippen LogP contribution in [0.15, 0.2) is 48.0 Å². The molecule has 1 fully saturated rings. The van der Waals surface area contributed by atoms with Crippen LogP contribution in [0.3, 0.4) is 0 Å². The van der Waals surface area contributed by atoms with E-state index in [9.17, 15) is 14.7 Å². The Labute approximate surface area is 199 Å². The first kappa shape index (κ1) is 24.6. The third-order valence-electron chi connectivity index (χ3n) is 5.53. The molecule has 1 aliphatic rings. The second kappa shape index (κ2) is 11.2. The van der Waals surface area contributed by atoms with Gasteiger partial charge < -0.3 is 19.5 Å². The summed E-state index contributed by atoms with van der Waals surface area (Å²) in [6.07, 6.45) is 2.66. The molecule has 1 amide bonds. The Morgan fingerprint density at radius 3 is 2.36 bits per heavy atom. The Balaban J connectivity index is 2.16. The minimum atomic E-state index is -0.742. The van der Waals surface area contributed by atoms with Crippen LogP contribution in [-0.4, -0.2) is 41.5 Å². The lowest BCUT2D eigenvalue weighted by molar-refractivity contribution is -0.139. The molecule has 1 atom stereocenters. The number of hydrogen-bond acceptors (Lipinski definition) is 5. The summed E-state index contributed by atoms with van der Waals surface area (Å²) in [4.78, 5) is 27.7. The maximum atomic E-state index is 13.2. The summed E-state index contributed by atoms with van der Waals surface area (Å²) >= 11 is 6.37. The topological polar surface area (TPSA) is 76.1 Å². The van der Waals surface area contributed by atoms with Crippen molar-refractivity contribution >= 4 is 29.1 Å². The molecular formula is C26H30ClNO5. The number of rotatable bonds is 10. The molecule has 176 valence electrons. The Morgan fingerprint density at radius 2 is 1.70 bits per heavy atom. The molecule has 0 saturated carbocycles. The van der Waals surface area contributed by atoms with E-state index in [1.165, 1.54) is 4.90 Å². The lowest BCUT2D eigenvalue weighted by atomic mass is 9.95. The van der Waals surface area contributed by atoms with Crippen molar-refractivity contribution in [3.05, 3.63) is 64.2 Å². The highest BCUT2D eigenvalue weighted by molar-refractivity contribution is 6.47. The first-order valence-corrected chi connectivity index (χ1v) is 11.7. The third-order valence-corrected chi connectivity index (χ3v) is 5.86. The van der Waals surface area contributed by atoms with Crippen LogP contribution >= 0.6 is 11.6 Å². The fourth-order valence-electron chi connectivity index (χ4n) is 4.02. The molecule has 3 rings (SSSR count). The Morgan fingerprint density at radius 1 is 1.00 bits per heavy atom. The maximum Gasteiger partial charge on any atom is 0.295 e. The van der Waals surface area contributed by atoms with Crippen molar-refractivity contribution in [2.75, 3.05) is 19.8 Å². The maximum absolute atomic E-state index is 13.2. The number of aliphatic hydroxyl groups excluding tert-OH is 1. The molecule has 33 heavy (non-hydrogen) atoms. The van der Waals surface area contributed by atoms with E-state index in [2.05, 4.69) is 6.92 Å². The first-order chi connectivity index (χ1) is 15.9. The molecule has 7 heteroatoms. The number of halogens is 1. The fourth-order valence-corrected chi connectivity index (χ4v) is 4.22. The molecule has 1 unspecified atom stereocenters. The normalized spacial score (nSPS) is 17.5. The van der Waals surface area contributed by atoms with E-state index in [1.807, 2.05) is 32.0 Å². The van der Waals surface area contributed by atoms with Gasteiger partial charge in [-0.3, -0.25) is 9.59 Å². The van der Waals surface area contributed by atoms with Gasteiger partial charge in [0.05, 0.1) is 29.9 Å². The van der Waals surface area contributed by atoms with Crippen LogP contribution in [0.2, 0.25) is 5.02 Å². The number of hydrogen-bond donors (Lipinski definition) is 1. The average Bonchev–Trinajstić information content (AvgIpc) is 3.06. The summed E-state index contributed by atoms with van der Waals surface area (Å²) in [5.74, 6) is -0.531. The molecule has 6 nitrogen and oxygen atoms in total. The molecule has 1 N–H and O–H groups in total. The van der Waals surface area contributed by atoms with Crippen LogP contribution < -0.4 is 9.47 Å². The van der Waals surface area contributed by atoms with Crippen molar-refractivity contribution in [2.45, 2.75) is 46.1 Å². The molecule has 1 heterocycles. The molecule has 0 aromatic heterocycles. The summed E-state index contributed by atoms with van der Waals surface area (Å²) < 4.78 is 11.2. The minimum Gasteiger partial charge on any atom is -0.507 e. The van der Waals surface area contributed by atoms with Crippen LogP contribution in [0, 0.1) is 0 Å². The van der Waals surface area contributed by atoms with Crippen LogP contribution in [0.5, 0.6) is 11.5 Å². The molecule has 0 spiro atoms. The zero-order chi connectivity index (χ0) is 24.0. The predicted molar refractivity (Wildman–Crippen MR) is 129 cm³/mol. The lowest BCUT2D eigenvalue weighted by Gasteiger charge is -2.25. The van der Waals surface area contributed by atoms with Gasteiger partial charge in [0.2, 0.25) is 0 Å². The second-order valence-corrected chi connectivity index (χ2v) is 8.19. The van der Waals surface area contributed by atoms with E-state index in [4.69, 9.17) is 21.1 Å². The van der Waals surface area contributed by atoms with Crippen LogP contribution in [0.1, 0.15) is 57.2 Å². The quantitative estimate of drug-likeness (QED) is 0.206. The largest absolute Gasteiger partial charge is 0.507 e. The number of Topliss-reactive ketones (excluding diaryl/α,β-unsaturated/α-hetero) is 1. The standard InChI is InChI=1S/C26H30ClNO5/c1-4-7-8-14-28-23(17-10-9-11-18(15-17)32-5-2)22(25(30)26(28)31)24(29)20-16-19(33-6-3)12-13-21(20)27/h9-13,15-16,23,29H,4-8,14H2,1-3H3/b24-22+. The number of ether oxygens (including phenoxy) is 2. The number of carbonyl (C=O) groups excluding carboxylic acids is 2. The smallest absolute Gasteiger partial charge is 0.295 e.